The van der Waals surface area contributed by atoms with E-state index < -0.39 is 0 Å². The largest absolute Gasteiger partial charge is 0.378 e. The van der Waals surface area contributed by atoms with Gasteiger partial charge in [-0.3, -0.25) is 0 Å². The van der Waals surface area contributed by atoms with Crippen molar-refractivity contribution >= 4 is 0 Å². The van der Waals surface area contributed by atoms with E-state index in [1.54, 1.807) is 0 Å². The number of ether oxygens (including phenoxy) is 1. The van der Waals surface area contributed by atoms with Crippen LogP contribution in [0.3, 0.4) is 0 Å². The SMILES string of the molecule is N#CC1CCC(OCC2CCCCC2)CC1. The van der Waals surface area contributed by atoms with Crippen LogP contribution < -0.4 is 0 Å². The van der Waals surface area contributed by atoms with Crippen LogP contribution in [0.5, 0.6) is 0 Å². The summed E-state index contributed by atoms with van der Waals surface area (Å²) in [6, 6.07) is 2.37. The highest BCUT2D eigenvalue weighted by molar-refractivity contribution is 4.87. The predicted molar refractivity (Wildman–Crippen MR) is 63.9 cm³/mol. The second kappa shape index (κ2) is 6.25. The maximum absolute atomic E-state index is 8.82. The lowest BCUT2D eigenvalue weighted by atomic mass is 9.87. The van der Waals surface area contributed by atoms with Gasteiger partial charge in [0.25, 0.3) is 0 Å². The molecule has 2 aliphatic carbocycles. The van der Waals surface area contributed by atoms with E-state index in [2.05, 4.69) is 6.07 Å². The minimum Gasteiger partial charge on any atom is -0.378 e. The number of hydrogen-bond acceptors (Lipinski definition) is 2. The van der Waals surface area contributed by atoms with E-state index in [9.17, 15) is 0 Å². The Morgan fingerprint density at radius 2 is 1.62 bits per heavy atom. The Balaban J connectivity index is 1.61. The zero-order chi connectivity index (χ0) is 11.2. The molecule has 2 nitrogen and oxygen atoms in total. The summed E-state index contributed by atoms with van der Waals surface area (Å²) in [6.45, 7) is 0.974. The molecule has 0 aromatic carbocycles. The van der Waals surface area contributed by atoms with Gasteiger partial charge >= 0.3 is 0 Å². The molecule has 0 bridgehead atoms. The Kier molecular flexibility index (Phi) is 4.66. The van der Waals surface area contributed by atoms with Crippen molar-refractivity contribution in [2.75, 3.05) is 6.61 Å². The van der Waals surface area contributed by atoms with Crippen LogP contribution in [0.25, 0.3) is 0 Å². The summed E-state index contributed by atoms with van der Waals surface area (Å²) in [4.78, 5) is 0. The van der Waals surface area contributed by atoms with Crippen molar-refractivity contribution in [1.29, 1.82) is 5.26 Å². The predicted octanol–water partition coefficient (Wildman–Crippen LogP) is 3.67. The molecule has 0 radical (unpaired) electrons. The van der Waals surface area contributed by atoms with Gasteiger partial charge in [-0.25, -0.2) is 0 Å². The molecule has 2 aliphatic rings. The highest BCUT2D eigenvalue weighted by atomic mass is 16.5. The Morgan fingerprint density at radius 1 is 0.938 bits per heavy atom. The van der Waals surface area contributed by atoms with Crippen molar-refractivity contribution in [1.82, 2.24) is 0 Å². The standard InChI is InChI=1S/C14H23NO/c15-10-12-6-8-14(9-7-12)16-11-13-4-2-1-3-5-13/h12-14H,1-9,11H2. The molecule has 0 aliphatic heterocycles. The first kappa shape index (κ1) is 11.9. The molecule has 2 heteroatoms. The lowest BCUT2D eigenvalue weighted by molar-refractivity contribution is -0.00313. The summed E-state index contributed by atoms with van der Waals surface area (Å²) < 4.78 is 6.01. The van der Waals surface area contributed by atoms with Gasteiger partial charge < -0.3 is 4.74 Å². The second-order valence-electron chi connectivity index (χ2n) is 5.44. The summed E-state index contributed by atoms with van der Waals surface area (Å²) in [7, 11) is 0. The van der Waals surface area contributed by atoms with Crippen LogP contribution in [0, 0.1) is 23.2 Å². The second-order valence-corrected chi connectivity index (χ2v) is 5.44. The third-order valence-corrected chi connectivity index (χ3v) is 4.15. The Morgan fingerprint density at radius 3 is 2.25 bits per heavy atom. The van der Waals surface area contributed by atoms with Crippen LogP contribution in [0.15, 0.2) is 0 Å². The van der Waals surface area contributed by atoms with Crippen molar-refractivity contribution in [3.63, 3.8) is 0 Å². The zero-order valence-corrected chi connectivity index (χ0v) is 10.2. The summed E-state index contributed by atoms with van der Waals surface area (Å²) >= 11 is 0. The van der Waals surface area contributed by atoms with Gasteiger partial charge in [-0.2, -0.15) is 5.26 Å². The lowest BCUT2D eigenvalue weighted by Crippen LogP contribution is -2.24. The number of hydrogen-bond donors (Lipinski definition) is 0. The summed E-state index contributed by atoms with van der Waals surface area (Å²) in [5.41, 5.74) is 0. The quantitative estimate of drug-likeness (QED) is 0.728. The van der Waals surface area contributed by atoms with Gasteiger partial charge in [0, 0.05) is 12.5 Å². The normalized spacial score (nSPS) is 32.2. The van der Waals surface area contributed by atoms with Crippen LogP contribution in [-0.4, -0.2) is 12.7 Å². The molecule has 0 atom stereocenters. The minimum atomic E-state index is 0.300. The molecule has 0 N–H and O–H groups in total. The van der Waals surface area contributed by atoms with E-state index in [1.807, 2.05) is 0 Å². The fourth-order valence-corrected chi connectivity index (χ4v) is 2.98. The Bertz CT molecular complexity index is 232. The molecule has 2 saturated carbocycles. The molecule has 2 rings (SSSR count). The number of rotatable bonds is 3. The van der Waals surface area contributed by atoms with Gasteiger partial charge in [0.1, 0.15) is 0 Å². The fraction of sp³-hybridized carbons (Fsp3) is 0.929. The average Bonchev–Trinajstić information content (AvgIpc) is 2.38. The number of nitrogens with zero attached hydrogens (tertiary/aromatic N) is 1. The third-order valence-electron chi connectivity index (χ3n) is 4.15. The smallest absolute Gasteiger partial charge is 0.0655 e. The van der Waals surface area contributed by atoms with E-state index in [0.29, 0.717) is 12.0 Å². The van der Waals surface area contributed by atoms with E-state index in [4.69, 9.17) is 10.00 Å². The molecule has 90 valence electrons. The van der Waals surface area contributed by atoms with Gasteiger partial charge in [-0.15, -0.1) is 0 Å². The number of nitriles is 1. The van der Waals surface area contributed by atoms with Crippen LogP contribution in [0.4, 0.5) is 0 Å². The van der Waals surface area contributed by atoms with Crippen molar-refractivity contribution in [2.24, 2.45) is 11.8 Å². The maximum atomic E-state index is 8.82. The van der Waals surface area contributed by atoms with E-state index >= 15 is 0 Å². The lowest BCUT2D eigenvalue weighted by Gasteiger charge is -2.28. The van der Waals surface area contributed by atoms with Gasteiger partial charge in [-0.1, -0.05) is 19.3 Å². The third kappa shape index (κ3) is 3.49. The molecular formula is C14H23NO. The first-order valence-electron chi connectivity index (χ1n) is 6.89. The summed E-state index contributed by atoms with van der Waals surface area (Å²) in [5, 5.41) is 8.82. The monoisotopic (exact) mass is 221 g/mol. The highest BCUT2D eigenvalue weighted by Gasteiger charge is 2.22. The Labute approximate surface area is 99.0 Å². The summed E-state index contributed by atoms with van der Waals surface area (Å²) in [6.07, 6.45) is 11.7. The average molecular weight is 221 g/mol. The van der Waals surface area contributed by atoms with Crippen molar-refractivity contribution < 1.29 is 4.74 Å². The van der Waals surface area contributed by atoms with Gasteiger partial charge in [0.15, 0.2) is 0 Å². The zero-order valence-electron chi connectivity index (χ0n) is 10.2. The highest BCUT2D eigenvalue weighted by Crippen LogP contribution is 2.28. The molecule has 2 fully saturated rings. The molecule has 0 heterocycles. The van der Waals surface area contributed by atoms with Gasteiger partial charge in [0.05, 0.1) is 12.2 Å². The molecule has 0 saturated heterocycles. The minimum absolute atomic E-state index is 0.300. The molecule has 16 heavy (non-hydrogen) atoms. The molecule has 0 aromatic rings. The first-order valence-corrected chi connectivity index (χ1v) is 6.89. The molecule has 0 aromatic heterocycles. The van der Waals surface area contributed by atoms with E-state index in [-0.39, 0.29) is 0 Å². The van der Waals surface area contributed by atoms with Gasteiger partial charge in [0.2, 0.25) is 0 Å². The maximum Gasteiger partial charge on any atom is 0.0655 e. The van der Waals surface area contributed by atoms with Crippen LogP contribution in [0.1, 0.15) is 57.8 Å². The molecule has 0 amide bonds. The molecular weight excluding hydrogens is 198 g/mol. The van der Waals surface area contributed by atoms with Crippen LogP contribution in [-0.2, 0) is 4.74 Å². The topological polar surface area (TPSA) is 33.0 Å². The van der Waals surface area contributed by atoms with Gasteiger partial charge in [-0.05, 0) is 44.4 Å². The molecule has 0 unspecified atom stereocenters. The summed E-state index contributed by atoms with van der Waals surface area (Å²) in [5.74, 6) is 1.12. The molecule has 0 spiro atoms. The van der Waals surface area contributed by atoms with Crippen molar-refractivity contribution in [3.05, 3.63) is 0 Å². The first-order chi connectivity index (χ1) is 7.88. The van der Waals surface area contributed by atoms with Crippen LogP contribution in [0.2, 0.25) is 0 Å². The van der Waals surface area contributed by atoms with Crippen LogP contribution >= 0.6 is 0 Å². The van der Waals surface area contributed by atoms with Crippen molar-refractivity contribution in [2.45, 2.75) is 63.9 Å². The van der Waals surface area contributed by atoms with E-state index in [1.165, 1.54) is 32.1 Å². The Hall–Kier alpha value is -0.550. The fourth-order valence-electron chi connectivity index (χ4n) is 2.98. The van der Waals surface area contributed by atoms with Crippen molar-refractivity contribution in [3.8, 4) is 6.07 Å². The van der Waals surface area contributed by atoms with E-state index in [0.717, 1.165) is 38.2 Å².